The highest BCUT2D eigenvalue weighted by Crippen LogP contribution is 2.22. The van der Waals surface area contributed by atoms with Gasteiger partial charge < -0.3 is 14.8 Å². The molecule has 0 aliphatic heterocycles. The van der Waals surface area contributed by atoms with E-state index in [0.717, 1.165) is 42.5 Å². The van der Waals surface area contributed by atoms with Crippen LogP contribution in [0.25, 0.3) is 5.69 Å². The summed E-state index contributed by atoms with van der Waals surface area (Å²) in [5.41, 5.74) is 2.17. The summed E-state index contributed by atoms with van der Waals surface area (Å²) in [6.07, 6.45) is 4.68. The molecule has 1 heterocycles. The molecule has 0 unspecified atom stereocenters. The summed E-state index contributed by atoms with van der Waals surface area (Å²) in [7, 11) is 3.39. The zero-order chi connectivity index (χ0) is 14.4. The van der Waals surface area contributed by atoms with Crippen LogP contribution >= 0.6 is 0 Å². The standard InChI is InChI=1S/C15H21N3O2/c1-12-11-13(5-6-14(12)20-3)18-9-8-17-15(18)16-7-4-10-19-2/h5-6,8-9,11H,4,7,10H2,1-3H3,(H,16,17). The first kappa shape index (κ1) is 14.4. The maximum atomic E-state index is 5.28. The fraction of sp³-hybridized carbons (Fsp3) is 0.400. The highest BCUT2D eigenvalue weighted by atomic mass is 16.5. The van der Waals surface area contributed by atoms with Crippen molar-refractivity contribution in [3.8, 4) is 11.4 Å². The molecule has 0 spiro atoms. The third-order valence-electron chi connectivity index (χ3n) is 3.11. The Kier molecular flexibility index (Phi) is 5.01. The van der Waals surface area contributed by atoms with Gasteiger partial charge in [0.25, 0.3) is 0 Å². The summed E-state index contributed by atoms with van der Waals surface area (Å²) >= 11 is 0. The number of ether oxygens (including phenoxy) is 2. The molecule has 0 aliphatic carbocycles. The molecule has 20 heavy (non-hydrogen) atoms. The van der Waals surface area contributed by atoms with Gasteiger partial charge in [-0.3, -0.25) is 4.57 Å². The van der Waals surface area contributed by atoms with Crippen molar-refractivity contribution in [3.05, 3.63) is 36.2 Å². The van der Waals surface area contributed by atoms with E-state index in [1.54, 1.807) is 20.4 Å². The minimum Gasteiger partial charge on any atom is -0.496 e. The van der Waals surface area contributed by atoms with Gasteiger partial charge in [-0.2, -0.15) is 0 Å². The molecule has 1 aromatic carbocycles. The van der Waals surface area contributed by atoms with Gasteiger partial charge in [-0.1, -0.05) is 0 Å². The van der Waals surface area contributed by atoms with Crippen molar-refractivity contribution in [1.82, 2.24) is 9.55 Å². The van der Waals surface area contributed by atoms with Gasteiger partial charge >= 0.3 is 0 Å². The number of benzene rings is 1. The molecule has 0 bridgehead atoms. The molecule has 0 radical (unpaired) electrons. The molecule has 0 atom stereocenters. The second kappa shape index (κ2) is 6.96. The maximum absolute atomic E-state index is 5.28. The van der Waals surface area contributed by atoms with Crippen LogP contribution in [0.15, 0.2) is 30.6 Å². The Morgan fingerprint density at radius 3 is 2.85 bits per heavy atom. The number of hydrogen-bond acceptors (Lipinski definition) is 4. The average Bonchev–Trinajstić information content (AvgIpc) is 2.92. The van der Waals surface area contributed by atoms with E-state index >= 15 is 0 Å². The van der Waals surface area contributed by atoms with E-state index in [1.807, 2.05) is 29.8 Å². The van der Waals surface area contributed by atoms with E-state index in [-0.39, 0.29) is 0 Å². The predicted molar refractivity (Wildman–Crippen MR) is 79.8 cm³/mol. The first-order valence-corrected chi connectivity index (χ1v) is 6.67. The monoisotopic (exact) mass is 275 g/mol. The number of imidazole rings is 1. The molecule has 0 saturated heterocycles. The molecule has 1 N–H and O–H groups in total. The third-order valence-corrected chi connectivity index (χ3v) is 3.11. The Bertz CT molecular complexity index is 552. The third kappa shape index (κ3) is 3.30. The summed E-state index contributed by atoms with van der Waals surface area (Å²) in [6, 6.07) is 6.08. The molecule has 0 fully saturated rings. The van der Waals surface area contributed by atoms with Gasteiger partial charge in [-0.05, 0) is 37.1 Å². The SMILES string of the molecule is COCCCNc1nccn1-c1ccc(OC)c(C)c1. The van der Waals surface area contributed by atoms with Gasteiger partial charge in [0.2, 0.25) is 5.95 Å². The molecule has 0 saturated carbocycles. The molecule has 108 valence electrons. The highest BCUT2D eigenvalue weighted by Gasteiger charge is 2.06. The first-order chi connectivity index (χ1) is 9.76. The van der Waals surface area contributed by atoms with Crippen LogP contribution in [-0.2, 0) is 4.74 Å². The van der Waals surface area contributed by atoms with E-state index in [2.05, 4.69) is 16.4 Å². The molecule has 2 aromatic rings. The lowest BCUT2D eigenvalue weighted by molar-refractivity contribution is 0.197. The molecule has 0 aliphatic rings. The molecule has 2 rings (SSSR count). The number of hydrogen-bond donors (Lipinski definition) is 1. The van der Waals surface area contributed by atoms with Crippen LogP contribution in [0.3, 0.4) is 0 Å². The van der Waals surface area contributed by atoms with Crippen molar-refractivity contribution < 1.29 is 9.47 Å². The second-order valence-corrected chi connectivity index (χ2v) is 4.55. The number of nitrogens with zero attached hydrogens (tertiary/aromatic N) is 2. The normalized spacial score (nSPS) is 10.6. The second-order valence-electron chi connectivity index (χ2n) is 4.55. The van der Waals surface area contributed by atoms with Crippen molar-refractivity contribution in [3.63, 3.8) is 0 Å². The predicted octanol–water partition coefficient (Wildman–Crippen LogP) is 2.64. The smallest absolute Gasteiger partial charge is 0.207 e. The number of aromatic nitrogens is 2. The minimum absolute atomic E-state index is 0.745. The van der Waals surface area contributed by atoms with Gasteiger partial charge in [0.05, 0.1) is 7.11 Å². The minimum atomic E-state index is 0.745. The van der Waals surface area contributed by atoms with E-state index < -0.39 is 0 Å². The molecular formula is C15H21N3O2. The summed E-state index contributed by atoms with van der Waals surface area (Å²) in [5.74, 6) is 1.73. The van der Waals surface area contributed by atoms with Crippen LogP contribution < -0.4 is 10.1 Å². The molecular weight excluding hydrogens is 254 g/mol. The molecule has 1 aromatic heterocycles. The maximum Gasteiger partial charge on any atom is 0.207 e. The lowest BCUT2D eigenvalue weighted by Gasteiger charge is -2.12. The van der Waals surface area contributed by atoms with E-state index in [9.17, 15) is 0 Å². The van der Waals surface area contributed by atoms with Crippen molar-refractivity contribution in [1.29, 1.82) is 0 Å². The molecule has 5 nitrogen and oxygen atoms in total. The summed E-state index contributed by atoms with van der Waals surface area (Å²) in [6.45, 7) is 3.61. The van der Waals surface area contributed by atoms with Gasteiger partial charge in [0, 0.05) is 38.3 Å². The number of aryl methyl sites for hydroxylation is 1. The zero-order valence-electron chi connectivity index (χ0n) is 12.2. The van der Waals surface area contributed by atoms with Crippen molar-refractivity contribution in [2.45, 2.75) is 13.3 Å². The summed E-state index contributed by atoms with van der Waals surface area (Å²) in [4.78, 5) is 4.34. The Labute approximate surface area is 119 Å². The van der Waals surface area contributed by atoms with E-state index in [1.165, 1.54) is 0 Å². The summed E-state index contributed by atoms with van der Waals surface area (Å²) in [5, 5.41) is 3.32. The largest absolute Gasteiger partial charge is 0.496 e. The highest BCUT2D eigenvalue weighted by molar-refractivity contribution is 5.47. The van der Waals surface area contributed by atoms with Crippen LogP contribution in [0.1, 0.15) is 12.0 Å². The van der Waals surface area contributed by atoms with E-state index in [4.69, 9.17) is 9.47 Å². The lowest BCUT2D eigenvalue weighted by atomic mass is 10.2. The topological polar surface area (TPSA) is 48.3 Å². The number of rotatable bonds is 7. The fourth-order valence-electron chi connectivity index (χ4n) is 2.07. The lowest BCUT2D eigenvalue weighted by Crippen LogP contribution is -2.09. The van der Waals surface area contributed by atoms with Crippen molar-refractivity contribution in [2.24, 2.45) is 0 Å². The quantitative estimate of drug-likeness (QED) is 0.789. The van der Waals surface area contributed by atoms with Gasteiger partial charge in [0.1, 0.15) is 5.75 Å². The van der Waals surface area contributed by atoms with Crippen molar-refractivity contribution >= 4 is 5.95 Å². The summed E-state index contributed by atoms with van der Waals surface area (Å²) < 4.78 is 12.3. The Balaban J connectivity index is 2.13. The van der Waals surface area contributed by atoms with Crippen LogP contribution in [0.5, 0.6) is 5.75 Å². The Morgan fingerprint density at radius 2 is 2.15 bits per heavy atom. The van der Waals surface area contributed by atoms with Crippen molar-refractivity contribution in [2.75, 3.05) is 32.7 Å². The Hall–Kier alpha value is -2.01. The number of methoxy groups -OCH3 is 2. The number of anilines is 1. The van der Waals surface area contributed by atoms with Gasteiger partial charge in [0.15, 0.2) is 0 Å². The zero-order valence-corrected chi connectivity index (χ0v) is 12.2. The fourth-order valence-corrected chi connectivity index (χ4v) is 2.07. The van der Waals surface area contributed by atoms with Gasteiger partial charge in [-0.15, -0.1) is 0 Å². The van der Waals surface area contributed by atoms with Gasteiger partial charge in [-0.25, -0.2) is 4.98 Å². The average molecular weight is 275 g/mol. The van der Waals surface area contributed by atoms with Crippen LogP contribution in [0, 0.1) is 6.92 Å². The first-order valence-electron chi connectivity index (χ1n) is 6.67. The van der Waals surface area contributed by atoms with E-state index in [0.29, 0.717) is 0 Å². The number of nitrogens with one attached hydrogen (secondary N) is 1. The molecule has 0 amide bonds. The molecule has 5 heteroatoms. The van der Waals surface area contributed by atoms with Crippen LogP contribution in [-0.4, -0.2) is 36.9 Å². The Morgan fingerprint density at radius 1 is 1.30 bits per heavy atom. The van der Waals surface area contributed by atoms with Crippen LogP contribution in [0.4, 0.5) is 5.95 Å². The van der Waals surface area contributed by atoms with Crippen LogP contribution in [0.2, 0.25) is 0 Å².